The fraction of sp³-hybridized carbons (Fsp3) is 0.130. The third-order valence-corrected chi connectivity index (χ3v) is 4.70. The Labute approximate surface area is 157 Å². The van der Waals surface area contributed by atoms with Crippen LogP contribution in [-0.2, 0) is 16.0 Å². The highest BCUT2D eigenvalue weighted by Gasteiger charge is 2.36. The first kappa shape index (κ1) is 17.0. The Morgan fingerprint density at radius 3 is 2.56 bits per heavy atom. The maximum atomic E-state index is 12.6. The van der Waals surface area contributed by atoms with E-state index in [0.29, 0.717) is 6.42 Å². The van der Waals surface area contributed by atoms with Crippen molar-refractivity contribution in [1.82, 2.24) is 4.90 Å². The molecule has 4 rings (SSSR count). The average Bonchev–Trinajstić information content (AvgIpc) is 3.07. The average molecular weight is 357 g/mol. The second-order valence-corrected chi connectivity index (χ2v) is 6.57. The van der Waals surface area contributed by atoms with Gasteiger partial charge in [0.2, 0.25) is 0 Å². The third-order valence-electron chi connectivity index (χ3n) is 4.70. The third kappa shape index (κ3) is 3.75. The molecule has 3 aromatic rings. The van der Waals surface area contributed by atoms with Crippen molar-refractivity contribution >= 4 is 28.8 Å². The van der Waals surface area contributed by atoms with Crippen LogP contribution in [0.15, 0.2) is 78.9 Å². The maximum Gasteiger partial charge on any atom is 0.417 e. The molecule has 0 N–H and O–H groups in total. The Hall–Kier alpha value is -3.40. The van der Waals surface area contributed by atoms with Gasteiger partial charge in [-0.05, 0) is 40.5 Å². The topological polar surface area (TPSA) is 46.6 Å². The van der Waals surface area contributed by atoms with E-state index in [9.17, 15) is 9.59 Å². The van der Waals surface area contributed by atoms with E-state index in [2.05, 4.69) is 0 Å². The summed E-state index contributed by atoms with van der Waals surface area (Å²) in [4.78, 5) is 25.9. The molecule has 0 aromatic heterocycles. The zero-order valence-corrected chi connectivity index (χ0v) is 14.7. The number of hydrogen-bond acceptors (Lipinski definition) is 3. The summed E-state index contributed by atoms with van der Waals surface area (Å²) in [6.45, 7) is 0.225. The van der Waals surface area contributed by atoms with E-state index in [1.165, 1.54) is 11.0 Å². The first-order chi connectivity index (χ1) is 13.2. The number of fused-ring (bicyclic) bond motifs is 1. The second-order valence-electron chi connectivity index (χ2n) is 6.57. The van der Waals surface area contributed by atoms with Crippen molar-refractivity contribution in [3.8, 4) is 0 Å². The highest BCUT2D eigenvalue weighted by atomic mass is 16.6. The number of imide groups is 1. The molecule has 1 saturated heterocycles. The number of ether oxygens (including phenoxy) is 1. The van der Waals surface area contributed by atoms with Crippen LogP contribution >= 0.6 is 0 Å². The summed E-state index contributed by atoms with van der Waals surface area (Å²) >= 11 is 0. The maximum absolute atomic E-state index is 12.6. The first-order valence-electron chi connectivity index (χ1n) is 8.91. The van der Waals surface area contributed by atoms with Gasteiger partial charge in [0, 0.05) is 6.08 Å². The fourth-order valence-corrected chi connectivity index (χ4v) is 3.33. The lowest BCUT2D eigenvalue weighted by molar-refractivity contribution is -0.124. The number of carbonyl (C=O) groups excluding carboxylic acids is 2. The number of nitrogens with zero attached hydrogens (tertiary/aromatic N) is 1. The number of carbonyl (C=O) groups is 2. The smallest absolute Gasteiger partial charge is 0.417 e. The van der Waals surface area contributed by atoms with Crippen molar-refractivity contribution in [2.75, 3.05) is 6.61 Å². The summed E-state index contributed by atoms with van der Waals surface area (Å²) in [5.74, 6) is -0.355. The molecule has 1 fully saturated rings. The molecular weight excluding hydrogens is 338 g/mol. The van der Waals surface area contributed by atoms with Gasteiger partial charge in [-0.3, -0.25) is 4.79 Å². The highest BCUT2D eigenvalue weighted by Crippen LogP contribution is 2.19. The molecular formula is C23H19NO3. The monoisotopic (exact) mass is 357 g/mol. The zero-order valence-electron chi connectivity index (χ0n) is 14.7. The molecule has 27 heavy (non-hydrogen) atoms. The van der Waals surface area contributed by atoms with Crippen LogP contribution in [-0.4, -0.2) is 29.5 Å². The minimum Gasteiger partial charge on any atom is -0.447 e. The number of hydrogen-bond donors (Lipinski definition) is 0. The van der Waals surface area contributed by atoms with Gasteiger partial charge in [0.25, 0.3) is 5.91 Å². The van der Waals surface area contributed by atoms with E-state index in [4.69, 9.17) is 4.74 Å². The lowest BCUT2D eigenvalue weighted by Gasteiger charge is -2.18. The molecule has 0 aliphatic carbocycles. The predicted octanol–water partition coefficient (Wildman–Crippen LogP) is 4.44. The molecule has 4 heteroatoms. The van der Waals surface area contributed by atoms with E-state index >= 15 is 0 Å². The van der Waals surface area contributed by atoms with Crippen molar-refractivity contribution in [3.63, 3.8) is 0 Å². The van der Waals surface area contributed by atoms with E-state index in [1.807, 2.05) is 72.8 Å². The minimum atomic E-state index is -0.580. The number of cyclic esters (lactones) is 1. The lowest BCUT2D eigenvalue weighted by atomic mass is 10.1. The van der Waals surface area contributed by atoms with Crippen molar-refractivity contribution < 1.29 is 14.3 Å². The van der Waals surface area contributed by atoms with Gasteiger partial charge in [-0.2, -0.15) is 0 Å². The van der Waals surface area contributed by atoms with Crippen LogP contribution in [0.5, 0.6) is 0 Å². The molecule has 1 aliphatic heterocycles. The van der Waals surface area contributed by atoms with Crippen molar-refractivity contribution in [1.29, 1.82) is 0 Å². The van der Waals surface area contributed by atoms with Gasteiger partial charge < -0.3 is 4.74 Å². The second kappa shape index (κ2) is 7.46. The molecule has 0 bridgehead atoms. The number of benzene rings is 3. The van der Waals surface area contributed by atoms with Gasteiger partial charge >= 0.3 is 6.09 Å². The SMILES string of the molecule is O=C(/C=C\c1ccc2ccccc2c1)N1C(=O)OC[C@H]1Cc1ccccc1. The van der Waals surface area contributed by atoms with Crippen molar-refractivity contribution in [3.05, 3.63) is 90.0 Å². The minimum absolute atomic E-state index is 0.225. The summed E-state index contributed by atoms with van der Waals surface area (Å²) in [5.41, 5.74) is 1.98. The molecule has 1 atom stereocenters. The van der Waals surface area contributed by atoms with Gasteiger partial charge in [-0.15, -0.1) is 0 Å². The normalized spacial score (nSPS) is 16.8. The standard InChI is InChI=1S/C23H19NO3/c25-22(13-11-18-10-12-19-8-4-5-9-20(19)14-18)24-21(16-27-23(24)26)15-17-6-2-1-3-7-17/h1-14,21H,15-16H2/b13-11-/t21-/m1/s1. The summed E-state index contributed by atoms with van der Waals surface area (Å²) in [6.07, 6.45) is 3.18. The largest absolute Gasteiger partial charge is 0.447 e. The van der Waals surface area contributed by atoms with Gasteiger partial charge in [-0.25, -0.2) is 9.69 Å². The van der Waals surface area contributed by atoms with Crippen molar-refractivity contribution in [2.45, 2.75) is 12.5 Å². The molecule has 0 saturated carbocycles. The molecule has 4 nitrogen and oxygen atoms in total. The van der Waals surface area contributed by atoms with Crippen molar-refractivity contribution in [2.24, 2.45) is 0 Å². The molecule has 3 aromatic carbocycles. The van der Waals surface area contributed by atoms with Gasteiger partial charge in [0.1, 0.15) is 6.61 Å². The summed E-state index contributed by atoms with van der Waals surface area (Å²) in [7, 11) is 0. The Morgan fingerprint density at radius 2 is 1.74 bits per heavy atom. The van der Waals surface area contributed by atoms with E-state index < -0.39 is 6.09 Å². The summed E-state index contributed by atoms with van der Waals surface area (Å²) < 4.78 is 5.11. The summed E-state index contributed by atoms with van der Waals surface area (Å²) in [6, 6.07) is 23.5. The molecule has 0 unspecified atom stereocenters. The number of rotatable bonds is 4. The van der Waals surface area contributed by atoms with E-state index in [0.717, 1.165) is 21.9 Å². The highest BCUT2D eigenvalue weighted by molar-refractivity contribution is 6.02. The van der Waals surface area contributed by atoms with E-state index in [1.54, 1.807) is 6.08 Å². The summed E-state index contributed by atoms with van der Waals surface area (Å²) in [5, 5.41) is 2.25. The Bertz CT molecular complexity index is 1010. The zero-order chi connectivity index (χ0) is 18.6. The van der Waals surface area contributed by atoms with Gasteiger partial charge in [-0.1, -0.05) is 66.7 Å². The molecule has 0 radical (unpaired) electrons. The first-order valence-corrected chi connectivity index (χ1v) is 8.91. The molecule has 2 amide bonds. The van der Waals surface area contributed by atoms with Gasteiger partial charge in [0.05, 0.1) is 6.04 Å². The molecule has 1 aliphatic rings. The quantitative estimate of drug-likeness (QED) is 0.649. The van der Waals surface area contributed by atoms with Crippen LogP contribution < -0.4 is 0 Å². The Balaban J connectivity index is 1.51. The van der Waals surface area contributed by atoms with Gasteiger partial charge in [0.15, 0.2) is 0 Å². The van der Waals surface area contributed by atoms with Crippen LogP contribution in [0.4, 0.5) is 4.79 Å². The van der Waals surface area contributed by atoms with Crippen LogP contribution in [0.25, 0.3) is 16.8 Å². The predicted molar refractivity (Wildman–Crippen MR) is 105 cm³/mol. The lowest BCUT2D eigenvalue weighted by Crippen LogP contribution is -2.39. The molecule has 1 heterocycles. The van der Waals surface area contributed by atoms with Crippen LogP contribution in [0.3, 0.4) is 0 Å². The Morgan fingerprint density at radius 1 is 1.00 bits per heavy atom. The van der Waals surface area contributed by atoms with Crippen LogP contribution in [0.2, 0.25) is 0 Å². The Kier molecular flexibility index (Phi) is 4.71. The van der Waals surface area contributed by atoms with Crippen LogP contribution in [0.1, 0.15) is 11.1 Å². The molecule has 134 valence electrons. The molecule has 0 spiro atoms. The van der Waals surface area contributed by atoms with Crippen LogP contribution in [0, 0.1) is 0 Å². The fourth-order valence-electron chi connectivity index (χ4n) is 3.33. The van der Waals surface area contributed by atoms with E-state index in [-0.39, 0.29) is 18.6 Å². The number of amides is 2.